The molecule has 0 fully saturated rings. The second-order valence-corrected chi connectivity index (χ2v) is 6.70. The molecule has 0 N–H and O–H groups in total. The maximum absolute atomic E-state index is 11.2. The number of rotatable bonds is 6. The van der Waals surface area contributed by atoms with E-state index < -0.39 is 0 Å². The fourth-order valence-electron chi connectivity index (χ4n) is 1.69. The van der Waals surface area contributed by atoms with Crippen molar-refractivity contribution in [3.63, 3.8) is 0 Å². The average molecular weight is 307 g/mol. The van der Waals surface area contributed by atoms with E-state index in [1.807, 2.05) is 25.1 Å². The van der Waals surface area contributed by atoms with Crippen molar-refractivity contribution in [3.8, 4) is 10.6 Å². The number of benzene rings is 1. The predicted octanol–water partition coefficient (Wildman–Crippen LogP) is 3.99. The van der Waals surface area contributed by atoms with Gasteiger partial charge in [0.15, 0.2) is 0 Å². The molecule has 0 aliphatic heterocycles. The predicted molar refractivity (Wildman–Crippen MR) is 84.9 cm³/mol. The Morgan fingerprint density at radius 2 is 2.15 bits per heavy atom. The van der Waals surface area contributed by atoms with Crippen LogP contribution >= 0.6 is 23.1 Å². The molecule has 0 saturated carbocycles. The van der Waals surface area contributed by atoms with Gasteiger partial charge in [-0.05, 0) is 0 Å². The average Bonchev–Trinajstić information content (AvgIpc) is 2.95. The summed E-state index contributed by atoms with van der Waals surface area (Å²) >= 11 is 3.38. The van der Waals surface area contributed by atoms with Gasteiger partial charge in [-0.1, -0.05) is 37.3 Å². The van der Waals surface area contributed by atoms with Crippen LogP contribution in [0.4, 0.5) is 0 Å². The first-order valence-electron chi connectivity index (χ1n) is 6.37. The molecule has 0 radical (unpaired) electrons. The first-order valence-corrected chi connectivity index (χ1v) is 8.30. The van der Waals surface area contributed by atoms with Crippen molar-refractivity contribution < 1.29 is 9.53 Å². The van der Waals surface area contributed by atoms with Gasteiger partial charge in [-0.25, -0.2) is 4.98 Å². The lowest BCUT2D eigenvalue weighted by molar-refractivity contribution is -0.140. The molecule has 1 aromatic heterocycles. The van der Waals surface area contributed by atoms with Crippen LogP contribution in [0.15, 0.2) is 35.7 Å². The highest BCUT2D eigenvalue weighted by molar-refractivity contribution is 7.99. The Labute approximate surface area is 127 Å². The van der Waals surface area contributed by atoms with Gasteiger partial charge >= 0.3 is 5.97 Å². The summed E-state index contributed by atoms with van der Waals surface area (Å²) in [7, 11) is 1.42. The summed E-state index contributed by atoms with van der Waals surface area (Å²) in [5, 5.41) is 3.37. The van der Waals surface area contributed by atoms with E-state index in [0.29, 0.717) is 6.42 Å². The smallest absolute Gasteiger partial charge is 0.306 e. The highest BCUT2D eigenvalue weighted by atomic mass is 32.2. The van der Waals surface area contributed by atoms with Crippen LogP contribution in [-0.4, -0.2) is 23.3 Å². The molecule has 20 heavy (non-hydrogen) atoms. The van der Waals surface area contributed by atoms with Gasteiger partial charge in [0.25, 0.3) is 0 Å². The van der Waals surface area contributed by atoms with E-state index in [9.17, 15) is 4.79 Å². The Balaban J connectivity index is 1.89. The lowest BCUT2D eigenvalue weighted by atomic mass is 10.2. The largest absolute Gasteiger partial charge is 0.469 e. The summed E-state index contributed by atoms with van der Waals surface area (Å²) in [6.45, 7) is 2.03. The Kier molecular flexibility index (Phi) is 5.61. The van der Waals surface area contributed by atoms with Gasteiger partial charge in [-0.2, -0.15) is 11.8 Å². The first kappa shape index (κ1) is 15.1. The van der Waals surface area contributed by atoms with Crippen LogP contribution < -0.4 is 0 Å². The topological polar surface area (TPSA) is 39.2 Å². The monoisotopic (exact) mass is 307 g/mol. The zero-order valence-electron chi connectivity index (χ0n) is 11.5. The lowest BCUT2D eigenvalue weighted by Crippen LogP contribution is -2.08. The third-order valence-corrected chi connectivity index (χ3v) is 4.91. The Morgan fingerprint density at radius 3 is 2.85 bits per heavy atom. The number of thioether (sulfide) groups is 1. The van der Waals surface area contributed by atoms with E-state index in [1.165, 1.54) is 7.11 Å². The molecule has 1 aromatic carbocycles. The van der Waals surface area contributed by atoms with E-state index in [1.54, 1.807) is 23.1 Å². The summed E-state index contributed by atoms with van der Waals surface area (Å²) in [6.07, 6.45) is 0.441. The summed E-state index contributed by atoms with van der Waals surface area (Å²) in [5.41, 5.74) is 2.21. The third-order valence-electron chi connectivity index (χ3n) is 2.77. The number of methoxy groups -OCH3 is 1. The molecule has 0 saturated heterocycles. The van der Waals surface area contributed by atoms with Crippen LogP contribution in [0, 0.1) is 0 Å². The Bertz CT molecular complexity index is 554. The highest BCUT2D eigenvalue weighted by Crippen LogP contribution is 2.26. The first-order chi connectivity index (χ1) is 9.69. The minimum Gasteiger partial charge on any atom is -0.469 e. The number of aromatic nitrogens is 1. The summed E-state index contributed by atoms with van der Waals surface area (Å²) in [4.78, 5) is 15.8. The quantitative estimate of drug-likeness (QED) is 0.756. The molecule has 1 heterocycles. The molecule has 106 valence electrons. The number of ether oxygens (including phenoxy) is 1. The minimum absolute atomic E-state index is 0.159. The lowest BCUT2D eigenvalue weighted by Gasteiger charge is -2.08. The molecule has 0 aliphatic carbocycles. The van der Waals surface area contributed by atoms with Crippen molar-refractivity contribution in [1.29, 1.82) is 0 Å². The summed E-state index contributed by atoms with van der Waals surface area (Å²) < 4.78 is 4.67. The molecule has 0 spiro atoms. The second kappa shape index (κ2) is 7.45. The van der Waals surface area contributed by atoms with Crippen molar-refractivity contribution in [1.82, 2.24) is 4.98 Å². The van der Waals surface area contributed by atoms with E-state index in [4.69, 9.17) is 0 Å². The van der Waals surface area contributed by atoms with Gasteiger partial charge in [-0.15, -0.1) is 11.3 Å². The van der Waals surface area contributed by atoms with Crippen molar-refractivity contribution in [2.75, 3.05) is 7.11 Å². The van der Waals surface area contributed by atoms with E-state index in [2.05, 4.69) is 27.2 Å². The molecule has 5 heteroatoms. The fourth-order valence-corrected chi connectivity index (χ4v) is 3.48. The Hall–Kier alpha value is -1.33. The molecule has 2 aromatic rings. The van der Waals surface area contributed by atoms with E-state index in [-0.39, 0.29) is 11.2 Å². The molecule has 0 amide bonds. The van der Waals surface area contributed by atoms with Crippen molar-refractivity contribution in [3.05, 3.63) is 41.4 Å². The van der Waals surface area contributed by atoms with Crippen molar-refractivity contribution in [2.45, 2.75) is 24.3 Å². The normalized spacial score (nSPS) is 12.1. The maximum Gasteiger partial charge on any atom is 0.306 e. The molecule has 3 nitrogen and oxygen atoms in total. The number of carbonyl (C=O) groups excluding carboxylic acids is 1. The molecular formula is C15H17NO2S2. The SMILES string of the molecule is COC(=O)CC(C)SCc1csc(-c2ccccc2)n1. The summed E-state index contributed by atoms with van der Waals surface area (Å²) in [5.74, 6) is 0.662. The number of carbonyl (C=O) groups is 1. The molecule has 2 rings (SSSR count). The van der Waals surface area contributed by atoms with Crippen LogP contribution in [0.1, 0.15) is 19.0 Å². The number of esters is 1. The molecule has 1 atom stereocenters. The van der Waals surface area contributed by atoms with Gasteiger partial charge in [0.2, 0.25) is 0 Å². The molecule has 1 unspecified atom stereocenters. The Morgan fingerprint density at radius 1 is 1.40 bits per heavy atom. The molecule has 0 bridgehead atoms. The van der Waals surface area contributed by atoms with Gasteiger partial charge in [-0.3, -0.25) is 4.79 Å². The van der Waals surface area contributed by atoms with Gasteiger partial charge in [0.05, 0.1) is 19.2 Å². The summed E-state index contributed by atoms with van der Waals surface area (Å²) in [6, 6.07) is 10.2. The molecular weight excluding hydrogens is 290 g/mol. The standard InChI is InChI=1S/C15H17NO2S2/c1-11(8-14(17)18-2)19-9-13-10-20-15(16-13)12-6-4-3-5-7-12/h3-7,10-11H,8-9H2,1-2H3. The third kappa shape index (κ3) is 4.35. The number of thiazole rings is 1. The zero-order valence-corrected chi connectivity index (χ0v) is 13.2. The van der Waals surface area contributed by atoms with Crippen LogP contribution in [0.2, 0.25) is 0 Å². The number of hydrogen-bond acceptors (Lipinski definition) is 5. The highest BCUT2D eigenvalue weighted by Gasteiger charge is 2.11. The van der Waals surface area contributed by atoms with Crippen LogP contribution in [0.3, 0.4) is 0 Å². The van der Waals surface area contributed by atoms with Gasteiger partial charge in [0, 0.05) is 21.9 Å². The number of nitrogens with zero attached hydrogens (tertiary/aromatic N) is 1. The second-order valence-electron chi connectivity index (χ2n) is 4.41. The number of hydrogen-bond donors (Lipinski definition) is 0. The van der Waals surface area contributed by atoms with E-state index >= 15 is 0 Å². The minimum atomic E-state index is -0.159. The van der Waals surface area contributed by atoms with Crippen molar-refractivity contribution >= 4 is 29.1 Å². The van der Waals surface area contributed by atoms with Gasteiger partial charge < -0.3 is 4.74 Å². The maximum atomic E-state index is 11.2. The van der Waals surface area contributed by atoms with Crippen molar-refractivity contribution in [2.24, 2.45) is 0 Å². The van der Waals surface area contributed by atoms with Crippen LogP contribution in [0.25, 0.3) is 10.6 Å². The fraction of sp³-hybridized carbons (Fsp3) is 0.333. The van der Waals surface area contributed by atoms with Gasteiger partial charge in [0.1, 0.15) is 5.01 Å². The van der Waals surface area contributed by atoms with E-state index in [0.717, 1.165) is 22.0 Å². The molecule has 0 aliphatic rings. The zero-order chi connectivity index (χ0) is 14.4. The van der Waals surface area contributed by atoms with Crippen LogP contribution in [-0.2, 0) is 15.3 Å². The van der Waals surface area contributed by atoms with Crippen LogP contribution in [0.5, 0.6) is 0 Å².